The van der Waals surface area contributed by atoms with E-state index in [1.807, 2.05) is 0 Å². The number of nitro groups is 1. The molecule has 0 aromatic heterocycles. The van der Waals surface area contributed by atoms with Crippen LogP contribution in [0.15, 0.2) is 18.2 Å². The van der Waals surface area contributed by atoms with E-state index in [2.05, 4.69) is 0 Å². The molecule has 11 heteroatoms. The molecule has 2 N–H and O–H groups in total. The van der Waals surface area contributed by atoms with E-state index in [0.29, 0.717) is 18.2 Å². The Balaban J connectivity index is 3.03. The van der Waals surface area contributed by atoms with Crippen molar-refractivity contribution in [3.63, 3.8) is 0 Å². The Hall–Kier alpha value is -2.72. The van der Waals surface area contributed by atoms with Crippen LogP contribution in [0.25, 0.3) is 0 Å². The fraction of sp³-hybridized carbons (Fsp3) is 0.273. The zero-order valence-corrected chi connectivity index (χ0v) is 10.6. The molecule has 0 saturated heterocycles. The van der Waals surface area contributed by atoms with Crippen molar-refractivity contribution in [2.24, 2.45) is 0 Å². The first-order valence-corrected chi connectivity index (χ1v) is 5.51. The van der Waals surface area contributed by atoms with Gasteiger partial charge in [-0.2, -0.15) is 8.78 Å². The average Bonchev–Trinajstić information content (AvgIpc) is 2.43. The molecule has 1 amide bonds. The van der Waals surface area contributed by atoms with Gasteiger partial charge in [0.1, 0.15) is 0 Å². The number of benzene rings is 1. The van der Waals surface area contributed by atoms with Crippen molar-refractivity contribution in [1.29, 1.82) is 0 Å². The van der Waals surface area contributed by atoms with E-state index in [1.165, 1.54) is 5.32 Å². The lowest BCUT2D eigenvalue weighted by Crippen LogP contribution is -2.41. The van der Waals surface area contributed by atoms with Crippen LogP contribution in [0.2, 0.25) is 0 Å². The van der Waals surface area contributed by atoms with Crippen molar-refractivity contribution < 1.29 is 37.2 Å². The van der Waals surface area contributed by atoms with Crippen LogP contribution in [0.1, 0.15) is 20.7 Å². The minimum atomic E-state index is -4.48. The monoisotopic (exact) mass is 324 g/mol. The number of carbonyl (C=O) groups is 2. The van der Waals surface area contributed by atoms with Crippen LogP contribution in [0, 0.1) is 10.1 Å². The van der Waals surface area contributed by atoms with E-state index >= 15 is 0 Å². The van der Waals surface area contributed by atoms with Crippen LogP contribution in [0.4, 0.5) is 23.2 Å². The molecule has 1 aromatic carbocycles. The third kappa shape index (κ3) is 4.14. The second kappa shape index (κ2) is 6.37. The molecule has 0 atom stereocenters. The number of alkyl halides is 4. The largest absolute Gasteiger partial charge is 0.478 e. The summed E-state index contributed by atoms with van der Waals surface area (Å²) in [6, 6.07) is 2.00. The maximum atomic E-state index is 12.7. The number of nitrogens with one attached hydrogen (secondary N) is 1. The smallest absolute Gasteiger partial charge is 0.335 e. The first-order chi connectivity index (χ1) is 10.0. The molecule has 0 radical (unpaired) electrons. The van der Waals surface area contributed by atoms with Gasteiger partial charge in [0, 0.05) is 17.7 Å². The van der Waals surface area contributed by atoms with Gasteiger partial charge in [0.25, 0.3) is 11.6 Å². The van der Waals surface area contributed by atoms with Crippen molar-refractivity contribution in [1.82, 2.24) is 5.32 Å². The van der Waals surface area contributed by atoms with Gasteiger partial charge in [-0.1, -0.05) is 0 Å². The van der Waals surface area contributed by atoms with E-state index in [1.54, 1.807) is 0 Å². The number of rotatable bonds is 6. The van der Waals surface area contributed by atoms with Gasteiger partial charge in [-0.25, -0.2) is 13.6 Å². The van der Waals surface area contributed by atoms with Gasteiger partial charge in [0.05, 0.1) is 17.0 Å². The Bertz CT molecular complexity index is 588. The zero-order valence-electron chi connectivity index (χ0n) is 10.6. The van der Waals surface area contributed by atoms with Crippen LogP contribution in [0.5, 0.6) is 0 Å². The number of halogens is 4. The van der Waals surface area contributed by atoms with Crippen LogP contribution in [-0.2, 0) is 0 Å². The molecule has 0 saturated carbocycles. The molecular weight excluding hydrogens is 316 g/mol. The second-order valence-corrected chi connectivity index (χ2v) is 4.08. The van der Waals surface area contributed by atoms with Crippen molar-refractivity contribution >= 4 is 17.6 Å². The number of carbonyl (C=O) groups excluding carboxylic acids is 1. The molecule has 0 heterocycles. The first kappa shape index (κ1) is 17.3. The molecule has 1 rings (SSSR count). The third-order valence-electron chi connectivity index (χ3n) is 2.44. The summed E-state index contributed by atoms with van der Waals surface area (Å²) < 4.78 is 49.2. The third-order valence-corrected chi connectivity index (χ3v) is 2.44. The van der Waals surface area contributed by atoms with E-state index in [0.717, 1.165) is 0 Å². The Kier molecular flexibility index (Phi) is 5.02. The molecule has 0 bridgehead atoms. The van der Waals surface area contributed by atoms with Crippen molar-refractivity contribution in [3.05, 3.63) is 39.4 Å². The second-order valence-electron chi connectivity index (χ2n) is 4.08. The fourth-order valence-electron chi connectivity index (χ4n) is 1.35. The number of hydrogen-bond acceptors (Lipinski definition) is 4. The molecule has 22 heavy (non-hydrogen) atoms. The molecular formula is C11H8F4N2O5. The molecule has 0 fully saturated rings. The minimum Gasteiger partial charge on any atom is -0.478 e. The van der Waals surface area contributed by atoms with Gasteiger partial charge in [-0.15, -0.1) is 0 Å². The summed E-state index contributed by atoms with van der Waals surface area (Å²) in [4.78, 5) is 32.0. The number of nitrogens with zero attached hydrogens (tertiary/aromatic N) is 1. The van der Waals surface area contributed by atoms with Crippen molar-refractivity contribution in [3.8, 4) is 0 Å². The predicted octanol–water partition coefficient (Wildman–Crippen LogP) is 1.92. The van der Waals surface area contributed by atoms with Crippen LogP contribution in [-0.4, -0.2) is 40.8 Å². The summed E-state index contributed by atoms with van der Waals surface area (Å²) in [5.74, 6) is -7.41. The summed E-state index contributed by atoms with van der Waals surface area (Å²) in [6.07, 6.45) is -4.01. The number of aromatic carboxylic acids is 1. The number of non-ortho nitro benzene ring substituents is 1. The quantitative estimate of drug-likeness (QED) is 0.472. The average molecular weight is 324 g/mol. The topological polar surface area (TPSA) is 110 Å². The molecule has 0 aliphatic carbocycles. The Morgan fingerprint density at radius 2 is 1.82 bits per heavy atom. The Labute approximate surface area is 119 Å². The molecule has 0 aliphatic rings. The van der Waals surface area contributed by atoms with E-state index < -0.39 is 52.5 Å². The highest BCUT2D eigenvalue weighted by atomic mass is 19.3. The van der Waals surface area contributed by atoms with Gasteiger partial charge in [-0.3, -0.25) is 14.9 Å². The lowest BCUT2D eigenvalue weighted by atomic mass is 10.1. The molecule has 0 aliphatic heterocycles. The number of nitro benzene ring substituents is 1. The molecule has 0 spiro atoms. The molecule has 0 unspecified atom stereocenters. The normalized spacial score (nSPS) is 11.3. The van der Waals surface area contributed by atoms with Crippen LogP contribution >= 0.6 is 0 Å². The standard InChI is InChI=1S/C11H8F4N2O5/c12-10(13)11(14,15)4-16-8(18)5-1-6(9(19)20)3-7(2-5)17(21)22/h1-3,10H,4H2,(H,16,18)(H,19,20). The van der Waals surface area contributed by atoms with Gasteiger partial charge in [0.15, 0.2) is 0 Å². The van der Waals surface area contributed by atoms with E-state index in [9.17, 15) is 37.3 Å². The van der Waals surface area contributed by atoms with Gasteiger partial charge in [-0.05, 0) is 6.07 Å². The lowest BCUT2D eigenvalue weighted by Gasteiger charge is -2.15. The summed E-state index contributed by atoms with van der Waals surface area (Å²) in [7, 11) is 0. The summed E-state index contributed by atoms with van der Waals surface area (Å²) in [5, 5.41) is 20.8. The first-order valence-electron chi connectivity index (χ1n) is 5.51. The number of carboxylic acids is 1. The van der Waals surface area contributed by atoms with Crippen molar-refractivity contribution in [2.45, 2.75) is 12.3 Å². The number of hydrogen-bond donors (Lipinski definition) is 2. The predicted molar refractivity (Wildman–Crippen MR) is 63.3 cm³/mol. The van der Waals surface area contributed by atoms with Crippen molar-refractivity contribution in [2.75, 3.05) is 6.54 Å². The highest BCUT2D eigenvalue weighted by Gasteiger charge is 2.40. The fourth-order valence-corrected chi connectivity index (χ4v) is 1.35. The molecule has 7 nitrogen and oxygen atoms in total. The number of amides is 1. The van der Waals surface area contributed by atoms with Gasteiger partial charge < -0.3 is 10.4 Å². The van der Waals surface area contributed by atoms with Gasteiger partial charge in [0.2, 0.25) is 0 Å². The summed E-state index contributed by atoms with van der Waals surface area (Å²) in [6.45, 7) is -1.70. The Morgan fingerprint density at radius 1 is 1.27 bits per heavy atom. The van der Waals surface area contributed by atoms with E-state index in [4.69, 9.17) is 5.11 Å². The highest BCUT2D eigenvalue weighted by Crippen LogP contribution is 2.22. The SMILES string of the molecule is O=C(O)c1cc(C(=O)NCC(F)(F)C(F)F)cc([N+](=O)[O-])c1. The van der Waals surface area contributed by atoms with E-state index in [-0.39, 0.29) is 0 Å². The summed E-state index contributed by atoms with van der Waals surface area (Å²) in [5.41, 5.74) is -2.00. The molecule has 120 valence electrons. The minimum absolute atomic E-state index is 0.614. The zero-order chi connectivity index (χ0) is 17.1. The highest BCUT2D eigenvalue weighted by molar-refractivity contribution is 5.98. The maximum absolute atomic E-state index is 12.7. The number of carboxylic acid groups (broad SMARTS) is 1. The van der Waals surface area contributed by atoms with Crippen LogP contribution < -0.4 is 5.32 Å². The maximum Gasteiger partial charge on any atom is 0.335 e. The van der Waals surface area contributed by atoms with Crippen LogP contribution in [0.3, 0.4) is 0 Å². The lowest BCUT2D eigenvalue weighted by molar-refractivity contribution is -0.384. The van der Waals surface area contributed by atoms with Gasteiger partial charge >= 0.3 is 18.3 Å². The molecule has 1 aromatic rings. The Morgan fingerprint density at radius 3 is 2.27 bits per heavy atom. The summed E-state index contributed by atoms with van der Waals surface area (Å²) >= 11 is 0.